The summed E-state index contributed by atoms with van der Waals surface area (Å²) < 4.78 is 23.0. The van der Waals surface area contributed by atoms with Gasteiger partial charge in [0.15, 0.2) is 18.1 Å². The van der Waals surface area contributed by atoms with Gasteiger partial charge in [0.25, 0.3) is 0 Å². The van der Waals surface area contributed by atoms with E-state index in [-0.39, 0.29) is 28.7 Å². The van der Waals surface area contributed by atoms with Gasteiger partial charge in [-0.15, -0.1) is 0 Å². The minimum Gasteiger partial charge on any atom is -0.493 e. The Labute approximate surface area is 200 Å². The number of benzene rings is 1. The third-order valence-corrected chi connectivity index (χ3v) is 5.40. The molecule has 0 fully saturated rings. The predicted molar refractivity (Wildman–Crippen MR) is 128 cm³/mol. The number of esters is 1. The van der Waals surface area contributed by atoms with Gasteiger partial charge in [-0.1, -0.05) is 20.8 Å². The molecule has 0 saturated heterocycles. The number of ether oxygens (including phenoxy) is 4. The summed E-state index contributed by atoms with van der Waals surface area (Å²) in [5.41, 5.74) is 1.72. The molecule has 0 spiro atoms. The van der Waals surface area contributed by atoms with Crippen LogP contribution in [-0.4, -0.2) is 56.8 Å². The van der Waals surface area contributed by atoms with Crippen LogP contribution in [0.15, 0.2) is 18.2 Å². The number of nitrogens with one attached hydrogen (secondary N) is 1. The summed E-state index contributed by atoms with van der Waals surface area (Å²) in [5.74, 6) is -0.773. The zero-order valence-electron chi connectivity index (χ0n) is 21.2. The normalized spacial score (nSPS) is 11.2. The van der Waals surface area contributed by atoms with Crippen molar-refractivity contribution in [1.29, 1.82) is 0 Å². The van der Waals surface area contributed by atoms with E-state index in [2.05, 4.69) is 5.32 Å². The van der Waals surface area contributed by atoms with Crippen molar-refractivity contribution < 1.29 is 33.3 Å². The molecule has 1 aromatic carbocycles. The lowest BCUT2D eigenvalue weighted by Crippen LogP contribution is -2.28. The van der Waals surface area contributed by atoms with Crippen LogP contribution in [0.4, 0.5) is 5.69 Å². The third-order valence-electron chi connectivity index (χ3n) is 5.40. The minimum atomic E-state index is -0.772. The second-order valence-electron chi connectivity index (χ2n) is 8.89. The molecule has 9 heteroatoms. The molecule has 0 unspecified atom stereocenters. The Morgan fingerprint density at radius 1 is 0.941 bits per heavy atom. The number of Topliss-reactive ketones (excluding diaryl/α,β-unsaturated/α-hetero) is 1. The number of anilines is 1. The smallest absolute Gasteiger partial charge is 0.340 e. The van der Waals surface area contributed by atoms with E-state index < -0.39 is 18.0 Å². The van der Waals surface area contributed by atoms with E-state index in [4.69, 9.17) is 18.9 Å². The lowest BCUT2D eigenvalue weighted by atomic mass is 9.95. The fourth-order valence-corrected chi connectivity index (χ4v) is 3.36. The molecule has 186 valence electrons. The van der Waals surface area contributed by atoms with Gasteiger partial charge in [-0.3, -0.25) is 9.59 Å². The third kappa shape index (κ3) is 6.17. The molecule has 0 aliphatic rings. The first-order chi connectivity index (χ1) is 15.9. The summed E-state index contributed by atoms with van der Waals surface area (Å²) in [7, 11) is 4.50. The van der Waals surface area contributed by atoms with Crippen LogP contribution < -0.4 is 14.8 Å². The number of aryl methyl sites for hydroxylation is 1. The zero-order chi connectivity index (χ0) is 25.6. The van der Waals surface area contributed by atoms with Crippen molar-refractivity contribution in [2.75, 3.05) is 39.9 Å². The highest BCUT2D eigenvalue weighted by Crippen LogP contribution is 2.34. The fraction of sp³-hybridized carbons (Fsp3) is 0.480. The number of amides is 1. The second kappa shape index (κ2) is 11.2. The van der Waals surface area contributed by atoms with Crippen LogP contribution in [0, 0.1) is 19.3 Å². The number of hydrogen-bond acceptors (Lipinski definition) is 7. The minimum absolute atomic E-state index is 0.0496. The highest BCUT2D eigenvalue weighted by molar-refractivity contribution is 6.05. The summed E-state index contributed by atoms with van der Waals surface area (Å²) in [4.78, 5) is 38.3. The number of rotatable bonds is 10. The Bertz CT molecular complexity index is 1060. The van der Waals surface area contributed by atoms with Crippen molar-refractivity contribution in [2.45, 2.75) is 41.2 Å². The van der Waals surface area contributed by atoms with E-state index in [9.17, 15) is 14.4 Å². The largest absolute Gasteiger partial charge is 0.493 e. The van der Waals surface area contributed by atoms with Crippen LogP contribution in [0.2, 0.25) is 0 Å². The van der Waals surface area contributed by atoms with Crippen molar-refractivity contribution in [1.82, 2.24) is 4.57 Å². The van der Waals surface area contributed by atoms with Gasteiger partial charge in [-0.25, -0.2) is 4.79 Å². The Kier molecular flexibility index (Phi) is 8.86. The maximum atomic E-state index is 13.0. The molecular weight excluding hydrogens is 440 g/mol. The van der Waals surface area contributed by atoms with Crippen LogP contribution in [0.1, 0.15) is 52.9 Å². The van der Waals surface area contributed by atoms with Gasteiger partial charge in [0.05, 0.1) is 32.1 Å². The highest BCUT2D eigenvalue weighted by atomic mass is 16.5. The SMILES string of the molecule is COCCn1c(C)cc(C(=O)COC(=O)c2cc(OC)c(OC)cc2NC(=O)C(C)(C)C)c1C. The van der Waals surface area contributed by atoms with E-state index >= 15 is 0 Å². The molecule has 2 rings (SSSR count). The molecule has 0 saturated carbocycles. The molecule has 0 radical (unpaired) electrons. The van der Waals surface area contributed by atoms with Crippen molar-refractivity contribution in [3.63, 3.8) is 0 Å². The number of carbonyl (C=O) groups is 3. The molecule has 1 N–H and O–H groups in total. The number of hydrogen-bond donors (Lipinski definition) is 1. The average molecular weight is 475 g/mol. The first-order valence-electron chi connectivity index (χ1n) is 10.9. The van der Waals surface area contributed by atoms with Crippen molar-refractivity contribution >= 4 is 23.3 Å². The van der Waals surface area contributed by atoms with Gasteiger partial charge in [-0.05, 0) is 19.9 Å². The van der Waals surface area contributed by atoms with Crippen molar-refractivity contribution in [3.05, 3.63) is 40.7 Å². The second-order valence-corrected chi connectivity index (χ2v) is 8.89. The monoisotopic (exact) mass is 474 g/mol. The molecule has 0 aliphatic carbocycles. The van der Waals surface area contributed by atoms with Gasteiger partial charge >= 0.3 is 5.97 Å². The molecule has 1 aromatic heterocycles. The van der Waals surface area contributed by atoms with Crippen molar-refractivity contribution in [2.24, 2.45) is 5.41 Å². The number of ketones is 1. The van der Waals surface area contributed by atoms with E-state index in [1.165, 1.54) is 26.4 Å². The topological polar surface area (TPSA) is 105 Å². The number of methoxy groups -OCH3 is 3. The van der Waals surface area contributed by atoms with Crippen LogP contribution in [-0.2, 0) is 20.8 Å². The quantitative estimate of drug-likeness (QED) is 0.413. The van der Waals surface area contributed by atoms with Gasteiger partial charge in [0.1, 0.15) is 0 Å². The van der Waals surface area contributed by atoms with Gasteiger partial charge in [-0.2, -0.15) is 0 Å². The Morgan fingerprint density at radius 3 is 2.12 bits per heavy atom. The van der Waals surface area contributed by atoms with Crippen LogP contribution in [0.3, 0.4) is 0 Å². The number of aromatic nitrogens is 1. The standard InChI is InChI=1S/C25H34N2O7/c1-15-11-17(16(2)27(15)9-10-31-6)20(28)14-34-23(29)18-12-21(32-7)22(33-8)13-19(18)26-24(30)25(3,4)5/h11-13H,9-10,14H2,1-8H3,(H,26,30). The van der Waals surface area contributed by atoms with Crippen molar-refractivity contribution in [3.8, 4) is 11.5 Å². The molecule has 0 atom stereocenters. The number of nitrogens with zero attached hydrogens (tertiary/aromatic N) is 1. The Morgan fingerprint density at radius 2 is 1.56 bits per heavy atom. The van der Waals surface area contributed by atoms with Gasteiger partial charge in [0.2, 0.25) is 11.7 Å². The van der Waals surface area contributed by atoms with E-state index in [1.807, 2.05) is 18.4 Å². The Hall–Kier alpha value is -3.33. The molecule has 0 bridgehead atoms. The van der Waals surface area contributed by atoms with Crippen LogP contribution in [0.5, 0.6) is 11.5 Å². The van der Waals surface area contributed by atoms with E-state index in [0.717, 1.165) is 11.4 Å². The lowest BCUT2D eigenvalue weighted by molar-refractivity contribution is -0.123. The highest BCUT2D eigenvalue weighted by Gasteiger charge is 2.26. The lowest BCUT2D eigenvalue weighted by Gasteiger charge is -2.20. The maximum absolute atomic E-state index is 13.0. The summed E-state index contributed by atoms with van der Waals surface area (Å²) in [6.07, 6.45) is 0. The fourth-order valence-electron chi connectivity index (χ4n) is 3.36. The molecule has 34 heavy (non-hydrogen) atoms. The first kappa shape index (κ1) is 26.9. The number of carbonyl (C=O) groups excluding carboxylic acids is 3. The summed E-state index contributed by atoms with van der Waals surface area (Å²) in [6, 6.07) is 4.68. The van der Waals surface area contributed by atoms with E-state index in [0.29, 0.717) is 24.5 Å². The van der Waals surface area contributed by atoms with Gasteiger partial charge in [0, 0.05) is 48.2 Å². The molecule has 9 nitrogen and oxygen atoms in total. The molecule has 0 aliphatic heterocycles. The summed E-state index contributed by atoms with van der Waals surface area (Å²) >= 11 is 0. The van der Waals surface area contributed by atoms with Crippen LogP contribution in [0.25, 0.3) is 0 Å². The van der Waals surface area contributed by atoms with Gasteiger partial charge < -0.3 is 28.8 Å². The molecule has 1 amide bonds. The first-order valence-corrected chi connectivity index (χ1v) is 10.9. The molecule has 2 aromatic rings. The summed E-state index contributed by atoms with van der Waals surface area (Å²) in [6.45, 7) is 9.68. The van der Waals surface area contributed by atoms with Crippen LogP contribution >= 0.6 is 0 Å². The average Bonchev–Trinajstić information content (AvgIpc) is 3.07. The predicted octanol–water partition coefficient (Wildman–Crippen LogP) is 3.79. The Balaban J connectivity index is 2.28. The summed E-state index contributed by atoms with van der Waals surface area (Å²) in [5, 5.41) is 2.74. The molecular formula is C25H34N2O7. The zero-order valence-corrected chi connectivity index (χ0v) is 21.2. The van der Waals surface area contributed by atoms with E-state index in [1.54, 1.807) is 33.9 Å². The molecule has 1 heterocycles. The maximum Gasteiger partial charge on any atom is 0.340 e.